The fourth-order valence-electron chi connectivity index (χ4n) is 6.07. The Hall–Kier alpha value is -3.86. The summed E-state index contributed by atoms with van der Waals surface area (Å²) in [6, 6.07) is 0. The highest BCUT2D eigenvalue weighted by atomic mass is 16.7. The Morgan fingerprint density at radius 1 is 0.406 bits per heavy atom. The Bertz CT molecular complexity index is 1740. The molecule has 2 fully saturated rings. The van der Waals surface area contributed by atoms with Gasteiger partial charge in [-0.15, -0.1) is 0 Å². The van der Waals surface area contributed by atoms with Crippen molar-refractivity contribution in [1.82, 2.24) is 0 Å². The number of rotatable bonds is 20. The van der Waals surface area contributed by atoms with E-state index in [0.29, 0.717) is 0 Å². The molecule has 0 aromatic carbocycles. The molecule has 12 heteroatoms. The van der Waals surface area contributed by atoms with Crippen LogP contribution in [0.15, 0.2) is 155 Å². The summed E-state index contributed by atoms with van der Waals surface area (Å²) in [4.78, 5) is 0. The molecule has 0 aliphatic carbocycles. The van der Waals surface area contributed by atoms with Crippen LogP contribution in [0.3, 0.4) is 0 Å². The molecule has 2 saturated heterocycles. The van der Waals surface area contributed by atoms with Gasteiger partial charge >= 0.3 is 0 Å². The minimum atomic E-state index is -1.47. The maximum Gasteiger partial charge on any atom is 0.187 e. The molecular weight excluding hydrogens is 817 g/mol. The molecule has 0 radical (unpaired) electrons. The number of allylic oxidation sites excluding steroid dienone is 24. The van der Waals surface area contributed by atoms with E-state index in [1.807, 2.05) is 139 Å². The van der Waals surface area contributed by atoms with Gasteiger partial charge in [0.1, 0.15) is 48.8 Å². The second kappa shape index (κ2) is 26.9. The molecular formula is C52H76O12. The molecule has 0 saturated carbocycles. The summed E-state index contributed by atoms with van der Waals surface area (Å²) in [6.45, 7) is 21.3. The third kappa shape index (κ3) is 20.1. The lowest BCUT2D eigenvalue weighted by Crippen LogP contribution is -2.58. The van der Waals surface area contributed by atoms with E-state index in [9.17, 15) is 40.9 Å². The zero-order valence-corrected chi connectivity index (χ0v) is 39.7. The van der Waals surface area contributed by atoms with Gasteiger partial charge in [-0.2, -0.15) is 0 Å². The minimum Gasteiger partial charge on any atom is -0.388 e. The van der Waals surface area contributed by atoms with Crippen LogP contribution in [0.5, 0.6) is 0 Å². The van der Waals surface area contributed by atoms with Gasteiger partial charge in [0.2, 0.25) is 0 Å². The van der Waals surface area contributed by atoms with Gasteiger partial charge in [0.15, 0.2) is 12.6 Å². The van der Waals surface area contributed by atoms with E-state index in [1.54, 1.807) is 65.8 Å². The molecule has 0 spiro atoms. The smallest absolute Gasteiger partial charge is 0.187 e. The van der Waals surface area contributed by atoms with Crippen molar-refractivity contribution >= 4 is 0 Å². The fourth-order valence-corrected chi connectivity index (χ4v) is 6.07. The Balaban J connectivity index is 1.89. The van der Waals surface area contributed by atoms with Crippen LogP contribution in [0, 0.1) is 0 Å². The van der Waals surface area contributed by atoms with Gasteiger partial charge in [-0.25, -0.2) is 0 Å². The van der Waals surface area contributed by atoms with Crippen LogP contribution in [0.4, 0.5) is 0 Å². The summed E-state index contributed by atoms with van der Waals surface area (Å²) in [5.41, 5.74) is 3.42. The topological polar surface area (TPSA) is 199 Å². The zero-order chi connectivity index (χ0) is 48.4. The van der Waals surface area contributed by atoms with Crippen molar-refractivity contribution in [1.29, 1.82) is 0 Å². The van der Waals surface area contributed by atoms with Gasteiger partial charge in [0.05, 0.1) is 23.4 Å². The standard InChI is InChI=1S/C52H76O12/c1-33(21-15-23-35(3)25-17-27-37(5)29-31-41(51(9,10)59)63-49-47(57)45(55)43(53)39(7)61-49)19-13-14-20-34(2)22-16-24-36(4)26-18-28-38(6)30-32-42(52(11,12)60)64-50-48(58)46(56)44(54)40(8)62-50/h13-32,39-50,53-60H,1-12H3. The summed E-state index contributed by atoms with van der Waals surface area (Å²) in [7, 11) is 0. The summed E-state index contributed by atoms with van der Waals surface area (Å²) >= 11 is 0. The van der Waals surface area contributed by atoms with E-state index in [-0.39, 0.29) is 0 Å². The van der Waals surface area contributed by atoms with E-state index < -0.39 is 84.8 Å². The summed E-state index contributed by atoms with van der Waals surface area (Å²) in [5.74, 6) is 0. The van der Waals surface area contributed by atoms with E-state index in [0.717, 1.165) is 33.4 Å². The maximum atomic E-state index is 10.7. The van der Waals surface area contributed by atoms with Crippen molar-refractivity contribution in [2.24, 2.45) is 0 Å². The normalized spacial score (nSPS) is 30.5. The molecule has 2 heterocycles. The van der Waals surface area contributed by atoms with Crippen LogP contribution in [-0.4, -0.2) is 126 Å². The number of hydrogen-bond donors (Lipinski definition) is 8. The van der Waals surface area contributed by atoms with E-state index in [2.05, 4.69) is 0 Å². The molecule has 2 aliphatic heterocycles. The van der Waals surface area contributed by atoms with Gasteiger partial charge in [-0.1, -0.05) is 155 Å². The molecule has 2 aliphatic rings. The van der Waals surface area contributed by atoms with Crippen LogP contribution in [0.1, 0.15) is 83.1 Å². The molecule has 12 nitrogen and oxygen atoms in total. The van der Waals surface area contributed by atoms with Crippen LogP contribution >= 0.6 is 0 Å². The highest BCUT2D eigenvalue weighted by Crippen LogP contribution is 2.28. The van der Waals surface area contributed by atoms with Crippen molar-refractivity contribution in [3.8, 4) is 0 Å². The summed E-state index contributed by atoms with van der Waals surface area (Å²) < 4.78 is 22.8. The second-order valence-corrected chi connectivity index (χ2v) is 17.8. The van der Waals surface area contributed by atoms with Crippen LogP contribution in [0.2, 0.25) is 0 Å². The SMILES string of the molecule is CC(C=CC=C(C)C=CC=C(C)C=CC(OC1OC(C)C(O)C(O)C1O)C(C)(C)O)=CC=CC=C(C)C=CC=C(C)C=CC=C(C)C=CC(OC1OC(C)C(O)C(O)C1O)C(C)(C)O. The molecule has 356 valence electrons. The van der Waals surface area contributed by atoms with Gasteiger partial charge < -0.3 is 59.8 Å². The maximum absolute atomic E-state index is 10.7. The van der Waals surface area contributed by atoms with Crippen molar-refractivity contribution in [3.63, 3.8) is 0 Å². The predicted octanol–water partition coefficient (Wildman–Crippen LogP) is 6.52. The fraction of sp³-hybridized carbons (Fsp3) is 0.500. The monoisotopic (exact) mass is 893 g/mol. The molecule has 64 heavy (non-hydrogen) atoms. The number of aliphatic hydroxyl groups excluding tert-OH is 6. The first-order chi connectivity index (χ1) is 29.8. The second-order valence-electron chi connectivity index (χ2n) is 17.8. The van der Waals surface area contributed by atoms with Gasteiger partial charge in [0.25, 0.3) is 0 Å². The molecule has 0 aromatic rings. The molecule has 0 bridgehead atoms. The average Bonchev–Trinajstić information content (AvgIpc) is 3.20. The average molecular weight is 893 g/mol. The van der Waals surface area contributed by atoms with Crippen molar-refractivity contribution in [3.05, 3.63) is 155 Å². The van der Waals surface area contributed by atoms with Crippen molar-refractivity contribution in [2.45, 2.75) is 168 Å². The minimum absolute atomic E-state index is 0.754. The van der Waals surface area contributed by atoms with Gasteiger partial charge in [-0.05, 0) is 83.1 Å². The van der Waals surface area contributed by atoms with E-state index in [1.165, 1.54) is 0 Å². The van der Waals surface area contributed by atoms with Gasteiger partial charge in [-0.3, -0.25) is 0 Å². The predicted molar refractivity (Wildman–Crippen MR) is 254 cm³/mol. The van der Waals surface area contributed by atoms with Crippen LogP contribution in [0.25, 0.3) is 0 Å². The number of hydrogen-bond acceptors (Lipinski definition) is 12. The lowest BCUT2D eigenvalue weighted by Gasteiger charge is -2.41. The number of ether oxygens (including phenoxy) is 4. The highest BCUT2D eigenvalue weighted by Gasteiger charge is 2.45. The third-order valence-electron chi connectivity index (χ3n) is 10.3. The summed E-state index contributed by atoms with van der Waals surface area (Å²) in [5, 5.41) is 82.2. The van der Waals surface area contributed by atoms with Crippen LogP contribution in [-0.2, 0) is 18.9 Å². The van der Waals surface area contributed by atoms with E-state index >= 15 is 0 Å². The Morgan fingerprint density at radius 3 is 0.922 bits per heavy atom. The molecule has 8 N–H and O–H groups in total. The van der Waals surface area contributed by atoms with Crippen molar-refractivity contribution in [2.75, 3.05) is 0 Å². The first kappa shape index (κ1) is 56.3. The van der Waals surface area contributed by atoms with Crippen LogP contribution < -0.4 is 0 Å². The lowest BCUT2D eigenvalue weighted by molar-refractivity contribution is -0.309. The van der Waals surface area contributed by atoms with Crippen molar-refractivity contribution < 1.29 is 59.8 Å². The van der Waals surface area contributed by atoms with E-state index in [4.69, 9.17) is 18.9 Å². The van der Waals surface area contributed by atoms with Gasteiger partial charge in [0, 0.05) is 0 Å². The summed E-state index contributed by atoms with van der Waals surface area (Å²) in [6.07, 6.45) is 24.7. The first-order valence-electron chi connectivity index (χ1n) is 21.7. The highest BCUT2D eigenvalue weighted by molar-refractivity contribution is 5.34. The largest absolute Gasteiger partial charge is 0.388 e. The quantitative estimate of drug-likeness (QED) is 0.0617. The first-order valence-corrected chi connectivity index (χ1v) is 21.7. The Morgan fingerprint density at radius 2 is 0.656 bits per heavy atom. The molecule has 0 amide bonds. The lowest BCUT2D eigenvalue weighted by atomic mass is 9.98. The molecule has 0 aromatic heterocycles. The third-order valence-corrected chi connectivity index (χ3v) is 10.3. The number of aliphatic hydroxyl groups is 8. The molecule has 2 rings (SSSR count). The Kier molecular flexibility index (Phi) is 23.7. The zero-order valence-electron chi connectivity index (χ0n) is 39.7. The Labute approximate surface area is 381 Å². The molecule has 12 atom stereocenters. The molecule has 12 unspecified atom stereocenters.